The minimum atomic E-state index is -0.820. The summed E-state index contributed by atoms with van der Waals surface area (Å²) in [4.78, 5) is 16.9. The highest BCUT2D eigenvalue weighted by Crippen LogP contribution is 2.36. The van der Waals surface area contributed by atoms with Crippen molar-refractivity contribution < 1.29 is 13.6 Å². The van der Waals surface area contributed by atoms with E-state index in [1.807, 2.05) is 11.9 Å². The molecule has 2 amide bonds. The third-order valence-electron chi connectivity index (χ3n) is 5.47. The van der Waals surface area contributed by atoms with Gasteiger partial charge in [0, 0.05) is 12.6 Å². The zero-order valence-electron chi connectivity index (χ0n) is 14.6. The molecular formula is C20H21F2N3O. The first kappa shape index (κ1) is 17.0. The number of urea groups is 1. The van der Waals surface area contributed by atoms with E-state index in [2.05, 4.69) is 10.2 Å². The van der Waals surface area contributed by atoms with Crippen LogP contribution in [0.3, 0.4) is 0 Å². The number of benzene rings is 2. The lowest BCUT2D eigenvalue weighted by Gasteiger charge is -2.31. The van der Waals surface area contributed by atoms with Crippen LogP contribution >= 0.6 is 0 Å². The maximum atomic E-state index is 13.4. The number of nitrogens with one attached hydrogen (secondary N) is 1. The summed E-state index contributed by atoms with van der Waals surface area (Å²) in [6.07, 6.45) is 0.923. The molecule has 2 fully saturated rings. The maximum absolute atomic E-state index is 13.4. The summed E-state index contributed by atoms with van der Waals surface area (Å²) >= 11 is 0. The molecule has 0 saturated carbocycles. The van der Waals surface area contributed by atoms with Gasteiger partial charge in [-0.25, -0.2) is 13.6 Å². The molecule has 6 heteroatoms. The van der Waals surface area contributed by atoms with Gasteiger partial charge in [0.1, 0.15) is 17.2 Å². The zero-order valence-corrected chi connectivity index (χ0v) is 14.6. The molecule has 136 valence electrons. The Balaban J connectivity index is 1.76. The van der Waals surface area contributed by atoms with Gasteiger partial charge < -0.3 is 15.1 Å². The van der Waals surface area contributed by atoms with E-state index in [-0.39, 0.29) is 23.7 Å². The Labute approximate surface area is 151 Å². The molecule has 0 aromatic heterocycles. The van der Waals surface area contributed by atoms with Crippen LogP contribution in [0.5, 0.6) is 0 Å². The standard InChI is InChI=1S/C20H21F2N3O/c1-24-11-10-18(12-24)25-13-20(23-19(25)26,14-2-6-16(21)7-3-14)15-4-8-17(22)9-5-15/h2-9,18H,10-13H2,1H3,(H,23,26)/t18-/m1/s1. The molecule has 0 radical (unpaired) electrons. The van der Waals surface area contributed by atoms with E-state index in [0.717, 1.165) is 30.6 Å². The lowest BCUT2D eigenvalue weighted by Crippen LogP contribution is -2.41. The third-order valence-corrected chi connectivity index (χ3v) is 5.47. The normalized spacial score (nSPS) is 22.7. The number of halogens is 2. The van der Waals surface area contributed by atoms with Crippen molar-refractivity contribution in [2.24, 2.45) is 0 Å². The molecule has 2 aromatic carbocycles. The Morgan fingerprint density at radius 1 is 1.00 bits per heavy atom. The molecule has 26 heavy (non-hydrogen) atoms. The molecule has 0 unspecified atom stereocenters. The van der Waals surface area contributed by atoms with Crippen molar-refractivity contribution in [3.8, 4) is 0 Å². The summed E-state index contributed by atoms with van der Waals surface area (Å²) in [5.41, 5.74) is 0.750. The number of hydrogen-bond donors (Lipinski definition) is 1. The van der Waals surface area contributed by atoms with Crippen LogP contribution < -0.4 is 5.32 Å². The molecule has 2 aromatic rings. The molecule has 1 atom stereocenters. The first-order valence-electron chi connectivity index (χ1n) is 8.77. The topological polar surface area (TPSA) is 35.6 Å². The number of likely N-dealkylation sites (N-methyl/N-ethyl adjacent to an activating group) is 1. The first-order chi connectivity index (χ1) is 12.5. The van der Waals surface area contributed by atoms with Crippen LogP contribution in [0.25, 0.3) is 0 Å². The fourth-order valence-corrected chi connectivity index (χ4v) is 4.04. The van der Waals surface area contributed by atoms with Gasteiger partial charge in [0.25, 0.3) is 0 Å². The maximum Gasteiger partial charge on any atom is 0.318 e. The van der Waals surface area contributed by atoms with Gasteiger partial charge in [-0.1, -0.05) is 24.3 Å². The number of nitrogens with zero attached hydrogens (tertiary/aromatic N) is 2. The highest BCUT2D eigenvalue weighted by molar-refractivity contribution is 5.80. The summed E-state index contributed by atoms with van der Waals surface area (Å²) < 4.78 is 26.9. The smallest absolute Gasteiger partial charge is 0.318 e. The number of rotatable bonds is 3. The predicted octanol–water partition coefficient (Wildman–Crippen LogP) is 2.94. The van der Waals surface area contributed by atoms with E-state index in [9.17, 15) is 13.6 Å². The second-order valence-electron chi connectivity index (χ2n) is 7.18. The zero-order chi connectivity index (χ0) is 18.3. The lowest BCUT2D eigenvalue weighted by molar-refractivity contribution is 0.197. The van der Waals surface area contributed by atoms with Crippen molar-refractivity contribution in [2.45, 2.75) is 18.0 Å². The molecular weight excluding hydrogens is 336 g/mol. The van der Waals surface area contributed by atoms with Crippen LogP contribution in [-0.4, -0.2) is 48.6 Å². The number of likely N-dealkylation sites (tertiary alicyclic amines) is 1. The summed E-state index contributed by atoms with van der Waals surface area (Å²) in [7, 11) is 2.04. The minimum Gasteiger partial charge on any atom is -0.323 e. The van der Waals surface area contributed by atoms with Crippen LogP contribution in [-0.2, 0) is 5.54 Å². The van der Waals surface area contributed by atoms with Gasteiger partial charge in [-0.15, -0.1) is 0 Å². The Morgan fingerprint density at radius 3 is 2.00 bits per heavy atom. The van der Waals surface area contributed by atoms with Gasteiger partial charge in [-0.3, -0.25) is 0 Å². The molecule has 0 aliphatic carbocycles. The van der Waals surface area contributed by atoms with Crippen molar-refractivity contribution in [1.29, 1.82) is 0 Å². The average Bonchev–Trinajstić information content (AvgIpc) is 3.20. The van der Waals surface area contributed by atoms with Gasteiger partial charge in [-0.05, 0) is 55.4 Å². The van der Waals surface area contributed by atoms with Crippen molar-refractivity contribution in [2.75, 3.05) is 26.7 Å². The molecule has 2 saturated heterocycles. The predicted molar refractivity (Wildman–Crippen MR) is 94.7 cm³/mol. The Hall–Kier alpha value is -2.47. The summed E-state index contributed by atoms with van der Waals surface area (Å²) in [5, 5.41) is 3.10. The molecule has 4 rings (SSSR count). The van der Waals surface area contributed by atoms with Gasteiger partial charge in [0.2, 0.25) is 0 Å². The van der Waals surface area contributed by atoms with Crippen molar-refractivity contribution >= 4 is 6.03 Å². The fraction of sp³-hybridized carbons (Fsp3) is 0.350. The molecule has 2 aliphatic rings. The molecule has 2 heterocycles. The van der Waals surface area contributed by atoms with Gasteiger partial charge >= 0.3 is 6.03 Å². The highest BCUT2D eigenvalue weighted by Gasteiger charge is 2.48. The van der Waals surface area contributed by atoms with Gasteiger partial charge in [0.15, 0.2) is 0 Å². The molecule has 4 nitrogen and oxygen atoms in total. The number of carbonyl (C=O) groups is 1. The Bertz CT molecular complexity index is 761. The van der Waals surface area contributed by atoms with E-state index in [1.165, 1.54) is 24.3 Å². The fourth-order valence-electron chi connectivity index (χ4n) is 4.04. The SMILES string of the molecule is CN1CC[C@@H](N2CC(c3ccc(F)cc3)(c3ccc(F)cc3)NC2=O)C1. The monoisotopic (exact) mass is 357 g/mol. The van der Waals surface area contributed by atoms with E-state index in [4.69, 9.17) is 0 Å². The van der Waals surface area contributed by atoms with Gasteiger partial charge in [0.05, 0.1) is 6.54 Å². The quantitative estimate of drug-likeness (QED) is 0.917. The number of carbonyl (C=O) groups excluding carboxylic acids is 1. The Kier molecular flexibility index (Phi) is 4.15. The van der Waals surface area contributed by atoms with Crippen LogP contribution in [0, 0.1) is 11.6 Å². The van der Waals surface area contributed by atoms with Crippen molar-refractivity contribution in [1.82, 2.24) is 15.1 Å². The van der Waals surface area contributed by atoms with Crippen molar-refractivity contribution in [3.63, 3.8) is 0 Å². The van der Waals surface area contributed by atoms with Crippen LogP contribution in [0.1, 0.15) is 17.5 Å². The van der Waals surface area contributed by atoms with E-state index >= 15 is 0 Å². The molecule has 0 bridgehead atoms. The Morgan fingerprint density at radius 2 is 1.54 bits per heavy atom. The lowest BCUT2D eigenvalue weighted by atomic mass is 9.83. The van der Waals surface area contributed by atoms with Gasteiger partial charge in [-0.2, -0.15) is 0 Å². The second kappa shape index (κ2) is 6.36. The van der Waals surface area contributed by atoms with Crippen molar-refractivity contribution in [3.05, 3.63) is 71.3 Å². The average molecular weight is 357 g/mol. The van der Waals surface area contributed by atoms with Crippen LogP contribution in [0.15, 0.2) is 48.5 Å². The first-order valence-corrected chi connectivity index (χ1v) is 8.77. The molecule has 1 N–H and O–H groups in total. The molecule has 2 aliphatic heterocycles. The largest absolute Gasteiger partial charge is 0.323 e. The molecule has 0 spiro atoms. The highest BCUT2D eigenvalue weighted by atomic mass is 19.1. The number of hydrogen-bond acceptors (Lipinski definition) is 2. The van der Waals surface area contributed by atoms with E-state index in [0.29, 0.717) is 6.54 Å². The summed E-state index contributed by atoms with van der Waals surface area (Å²) in [6.45, 7) is 2.21. The minimum absolute atomic E-state index is 0.140. The third kappa shape index (κ3) is 2.84. The second-order valence-corrected chi connectivity index (χ2v) is 7.18. The summed E-state index contributed by atoms with van der Waals surface area (Å²) in [5.74, 6) is -0.664. The number of amides is 2. The van der Waals surface area contributed by atoms with E-state index < -0.39 is 5.54 Å². The van der Waals surface area contributed by atoms with Crippen LogP contribution in [0.4, 0.5) is 13.6 Å². The van der Waals surface area contributed by atoms with Crippen LogP contribution in [0.2, 0.25) is 0 Å². The van der Waals surface area contributed by atoms with E-state index in [1.54, 1.807) is 24.3 Å². The summed E-state index contributed by atoms with van der Waals surface area (Å²) in [6, 6.07) is 12.3.